The lowest BCUT2D eigenvalue weighted by atomic mass is 10.0. The Labute approximate surface area is 102 Å². The average Bonchev–Trinajstić information content (AvgIpc) is 2.14. The van der Waals surface area contributed by atoms with E-state index in [1.807, 2.05) is 6.92 Å². The first-order chi connectivity index (χ1) is 7.15. The fraction of sp³-hybridized carbons (Fsp3) is 0.923. The molecule has 0 heterocycles. The molecule has 0 N–H and O–H groups in total. The smallest absolute Gasteiger partial charge is 0.192 e. The van der Waals surface area contributed by atoms with E-state index < -0.39 is 8.32 Å². The molecule has 0 amide bonds. The number of hydrogen-bond donors (Lipinski definition) is 0. The average molecular weight is 244 g/mol. The van der Waals surface area contributed by atoms with E-state index in [1.165, 1.54) is 0 Å². The van der Waals surface area contributed by atoms with Crippen LogP contribution >= 0.6 is 0 Å². The predicted molar refractivity (Wildman–Crippen MR) is 72.2 cm³/mol. The van der Waals surface area contributed by atoms with Crippen molar-refractivity contribution in [2.75, 3.05) is 0 Å². The summed E-state index contributed by atoms with van der Waals surface area (Å²) >= 11 is 0. The molecule has 2 atom stereocenters. The third kappa shape index (κ3) is 4.38. The van der Waals surface area contributed by atoms with Gasteiger partial charge in [-0.15, -0.1) is 0 Å². The van der Waals surface area contributed by atoms with E-state index in [9.17, 15) is 4.79 Å². The first kappa shape index (κ1) is 15.8. The number of hydrogen-bond acceptors (Lipinski definition) is 2. The molecule has 0 spiro atoms. The lowest BCUT2D eigenvalue weighted by molar-refractivity contribution is -0.113. The van der Waals surface area contributed by atoms with Gasteiger partial charge in [-0.1, -0.05) is 41.0 Å². The molecular formula is C13H28O2Si. The van der Waals surface area contributed by atoms with E-state index in [4.69, 9.17) is 4.43 Å². The molecule has 3 heteroatoms. The summed E-state index contributed by atoms with van der Waals surface area (Å²) in [5.74, 6) is 0.00840. The Kier molecular flexibility index (Phi) is 5.91. The summed E-state index contributed by atoms with van der Waals surface area (Å²) in [6.45, 7) is 15.3. The SMILES string of the molecule is CCC[C@H](O[Si](C)(C)C(C)(C)C)[C@@H](C)C=O. The topological polar surface area (TPSA) is 26.3 Å². The fourth-order valence-corrected chi connectivity index (χ4v) is 2.80. The van der Waals surface area contributed by atoms with Crippen LogP contribution in [-0.4, -0.2) is 20.7 Å². The molecule has 0 aliphatic carbocycles. The highest BCUT2D eigenvalue weighted by Gasteiger charge is 2.39. The van der Waals surface area contributed by atoms with Crippen molar-refractivity contribution in [1.82, 2.24) is 0 Å². The maximum absolute atomic E-state index is 10.9. The van der Waals surface area contributed by atoms with Crippen LogP contribution in [0.3, 0.4) is 0 Å². The van der Waals surface area contributed by atoms with E-state index in [2.05, 4.69) is 40.8 Å². The van der Waals surface area contributed by atoms with Crippen LogP contribution in [0.4, 0.5) is 0 Å². The molecule has 0 aliphatic rings. The van der Waals surface area contributed by atoms with Crippen molar-refractivity contribution < 1.29 is 9.22 Å². The lowest BCUT2D eigenvalue weighted by Gasteiger charge is -2.40. The molecule has 0 bridgehead atoms. The molecule has 0 radical (unpaired) electrons. The van der Waals surface area contributed by atoms with Crippen molar-refractivity contribution in [2.45, 2.75) is 71.7 Å². The third-order valence-electron chi connectivity index (χ3n) is 3.63. The van der Waals surface area contributed by atoms with E-state index in [0.29, 0.717) is 0 Å². The fourth-order valence-electron chi connectivity index (χ4n) is 1.36. The van der Waals surface area contributed by atoms with Crippen LogP contribution in [0.2, 0.25) is 18.1 Å². The van der Waals surface area contributed by atoms with Crippen molar-refractivity contribution in [3.05, 3.63) is 0 Å². The van der Waals surface area contributed by atoms with Gasteiger partial charge >= 0.3 is 0 Å². The second kappa shape index (κ2) is 5.96. The molecule has 0 fully saturated rings. The summed E-state index contributed by atoms with van der Waals surface area (Å²) in [5, 5.41) is 0.210. The van der Waals surface area contributed by atoms with Crippen LogP contribution in [0.15, 0.2) is 0 Å². The van der Waals surface area contributed by atoms with Gasteiger partial charge in [0.1, 0.15) is 6.29 Å². The zero-order chi connectivity index (χ0) is 13.0. The Morgan fingerprint density at radius 1 is 1.31 bits per heavy atom. The Hall–Kier alpha value is -0.153. The minimum absolute atomic E-state index is 0.00840. The van der Waals surface area contributed by atoms with E-state index in [0.717, 1.165) is 19.1 Å². The number of rotatable bonds is 6. The van der Waals surface area contributed by atoms with Gasteiger partial charge in [-0.05, 0) is 24.6 Å². The third-order valence-corrected chi connectivity index (χ3v) is 8.13. The minimum Gasteiger partial charge on any atom is -0.413 e. The van der Waals surface area contributed by atoms with Crippen LogP contribution in [0, 0.1) is 5.92 Å². The molecule has 0 rings (SSSR count). The minimum atomic E-state index is -1.74. The molecule has 2 nitrogen and oxygen atoms in total. The predicted octanol–water partition coefficient (Wildman–Crippen LogP) is 4.01. The van der Waals surface area contributed by atoms with Crippen LogP contribution in [0.5, 0.6) is 0 Å². The number of aldehydes is 1. The second-order valence-electron chi connectivity index (χ2n) is 6.20. The van der Waals surface area contributed by atoms with Crippen LogP contribution in [0.25, 0.3) is 0 Å². The van der Waals surface area contributed by atoms with E-state index in [1.54, 1.807) is 0 Å². The summed E-state index contributed by atoms with van der Waals surface area (Å²) in [7, 11) is -1.74. The maximum Gasteiger partial charge on any atom is 0.192 e. The highest BCUT2D eigenvalue weighted by molar-refractivity contribution is 6.74. The normalized spacial score (nSPS) is 16.9. The van der Waals surface area contributed by atoms with Gasteiger partial charge in [0.25, 0.3) is 0 Å². The summed E-state index contributed by atoms with van der Waals surface area (Å²) in [6.07, 6.45) is 3.17. The summed E-state index contributed by atoms with van der Waals surface area (Å²) < 4.78 is 6.30. The van der Waals surface area contributed by atoms with Crippen molar-refractivity contribution in [2.24, 2.45) is 5.92 Å². The molecule has 0 saturated carbocycles. The van der Waals surface area contributed by atoms with Gasteiger partial charge in [0.2, 0.25) is 0 Å². The van der Waals surface area contributed by atoms with Gasteiger partial charge in [-0.25, -0.2) is 0 Å². The van der Waals surface area contributed by atoms with Gasteiger partial charge in [0.05, 0.1) is 6.10 Å². The Morgan fingerprint density at radius 3 is 2.12 bits per heavy atom. The van der Waals surface area contributed by atoms with Gasteiger partial charge in [0, 0.05) is 5.92 Å². The number of carbonyl (C=O) groups is 1. The quantitative estimate of drug-likeness (QED) is 0.521. The molecule has 0 saturated heterocycles. The van der Waals surface area contributed by atoms with Crippen LogP contribution in [0.1, 0.15) is 47.5 Å². The zero-order valence-corrected chi connectivity index (χ0v) is 13.0. The highest BCUT2D eigenvalue weighted by Crippen LogP contribution is 2.38. The molecule has 16 heavy (non-hydrogen) atoms. The van der Waals surface area contributed by atoms with Crippen LogP contribution < -0.4 is 0 Å². The molecule has 0 unspecified atom stereocenters. The Balaban J connectivity index is 4.68. The molecule has 96 valence electrons. The van der Waals surface area contributed by atoms with Crippen molar-refractivity contribution in [1.29, 1.82) is 0 Å². The molecule has 0 aromatic carbocycles. The molecule has 0 aromatic rings. The Bertz CT molecular complexity index is 218. The summed E-state index contributed by atoms with van der Waals surface area (Å²) in [6, 6.07) is 0. The first-order valence-electron chi connectivity index (χ1n) is 6.28. The van der Waals surface area contributed by atoms with Gasteiger partial charge < -0.3 is 9.22 Å². The van der Waals surface area contributed by atoms with E-state index >= 15 is 0 Å². The van der Waals surface area contributed by atoms with Crippen LogP contribution in [-0.2, 0) is 9.22 Å². The summed E-state index contributed by atoms with van der Waals surface area (Å²) in [5.41, 5.74) is 0. The largest absolute Gasteiger partial charge is 0.413 e. The molecule has 0 aromatic heterocycles. The zero-order valence-electron chi connectivity index (χ0n) is 12.0. The first-order valence-corrected chi connectivity index (χ1v) is 9.19. The maximum atomic E-state index is 10.9. The van der Waals surface area contributed by atoms with Crippen molar-refractivity contribution >= 4 is 14.6 Å². The standard InChI is InChI=1S/C13H28O2Si/c1-8-9-12(11(2)10-14)15-16(6,7)13(3,4)5/h10-12H,8-9H2,1-7H3/t11-,12-/m0/s1. The summed E-state index contributed by atoms with van der Waals surface area (Å²) in [4.78, 5) is 10.9. The molecular weight excluding hydrogens is 216 g/mol. The van der Waals surface area contributed by atoms with Crippen molar-refractivity contribution in [3.63, 3.8) is 0 Å². The number of carbonyl (C=O) groups excluding carboxylic acids is 1. The Morgan fingerprint density at radius 2 is 1.81 bits per heavy atom. The monoisotopic (exact) mass is 244 g/mol. The van der Waals surface area contributed by atoms with Gasteiger partial charge in [0.15, 0.2) is 8.32 Å². The van der Waals surface area contributed by atoms with E-state index in [-0.39, 0.29) is 17.1 Å². The van der Waals surface area contributed by atoms with Crippen molar-refractivity contribution in [3.8, 4) is 0 Å². The second-order valence-corrected chi connectivity index (χ2v) is 11.0. The van der Waals surface area contributed by atoms with Gasteiger partial charge in [-0.2, -0.15) is 0 Å². The molecule has 0 aliphatic heterocycles. The van der Waals surface area contributed by atoms with Gasteiger partial charge in [-0.3, -0.25) is 0 Å². The lowest BCUT2D eigenvalue weighted by Crippen LogP contribution is -2.45. The highest BCUT2D eigenvalue weighted by atomic mass is 28.4.